The Morgan fingerprint density at radius 3 is 2.54 bits per heavy atom. The van der Waals surface area contributed by atoms with Crippen LogP contribution in [0.25, 0.3) is 0 Å². The fourth-order valence-corrected chi connectivity index (χ4v) is 3.31. The number of nitrogens with zero attached hydrogens (tertiary/aromatic N) is 1. The fourth-order valence-electron chi connectivity index (χ4n) is 3.31. The van der Waals surface area contributed by atoms with E-state index in [0.717, 1.165) is 30.9 Å². The highest BCUT2D eigenvalue weighted by Gasteiger charge is 2.24. The largest absolute Gasteiger partial charge is 0.487 e. The molecule has 0 spiro atoms. The second kappa shape index (κ2) is 8.21. The van der Waals surface area contributed by atoms with E-state index >= 15 is 0 Å². The van der Waals surface area contributed by atoms with Crippen molar-refractivity contribution in [2.24, 2.45) is 0 Å². The van der Waals surface area contributed by atoms with Crippen LogP contribution in [0.5, 0.6) is 5.75 Å². The average Bonchev–Trinajstić information content (AvgIpc) is 3.15. The summed E-state index contributed by atoms with van der Waals surface area (Å²) in [5.74, 6) is -1.03. The van der Waals surface area contributed by atoms with E-state index in [1.807, 2.05) is 12.1 Å². The number of nitro groups is 1. The lowest BCUT2D eigenvalue weighted by molar-refractivity contribution is -0.385. The van der Waals surface area contributed by atoms with Gasteiger partial charge in [-0.25, -0.2) is 4.79 Å². The Bertz CT molecular complexity index is 936. The molecule has 28 heavy (non-hydrogen) atoms. The molecule has 1 aliphatic rings. The van der Waals surface area contributed by atoms with Crippen molar-refractivity contribution in [1.29, 1.82) is 0 Å². The van der Waals surface area contributed by atoms with Crippen LogP contribution >= 0.6 is 0 Å². The van der Waals surface area contributed by atoms with Crippen molar-refractivity contribution in [3.63, 3.8) is 0 Å². The second-order valence-corrected chi connectivity index (χ2v) is 6.62. The maximum atomic E-state index is 12.6. The van der Waals surface area contributed by atoms with Gasteiger partial charge in [0.05, 0.1) is 17.1 Å². The molecule has 2 aromatic carbocycles. The summed E-state index contributed by atoms with van der Waals surface area (Å²) in [5.41, 5.74) is 2.57. The third-order valence-electron chi connectivity index (χ3n) is 4.73. The number of esters is 1. The molecule has 146 valence electrons. The number of fused-ring (bicyclic) bond motifs is 1. The minimum atomic E-state index is -1.00. The molecule has 3 rings (SSSR count). The maximum absolute atomic E-state index is 12.6. The van der Waals surface area contributed by atoms with E-state index in [4.69, 9.17) is 9.47 Å². The minimum absolute atomic E-state index is 0.0104. The Kier molecular flexibility index (Phi) is 5.73. The first-order valence-electron chi connectivity index (χ1n) is 9.19. The van der Waals surface area contributed by atoms with Gasteiger partial charge in [-0.3, -0.25) is 14.9 Å². The lowest BCUT2D eigenvalue weighted by Crippen LogP contribution is -2.24. The van der Waals surface area contributed by atoms with Crippen molar-refractivity contribution in [3.8, 4) is 5.75 Å². The van der Waals surface area contributed by atoms with Crippen LogP contribution in [0.1, 0.15) is 52.1 Å². The Balaban J connectivity index is 1.74. The van der Waals surface area contributed by atoms with E-state index in [2.05, 4.69) is 0 Å². The summed E-state index contributed by atoms with van der Waals surface area (Å²) >= 11 is 0. The predicted molar refractivity (Wildman–Crippen MR) is 102 cm³/mol. The topological polar surface area (TPSA) is 95.7 Å². The van der Waals surface area contributed by atoms with Gasteiger partial charge in [-0.2, -0.15) is 0 Å². The van der Waals surface area contributed by atoms with Crippen molar-refractivity contribution in [3.05, 3.63) is 68.8 Å². The highest BCUT2D eigenvalue weighted by molar-refractivity contribution is 6.01. The first kappa shape index (κ1) is 19.5. The van der Waals surface area contributed by atoms with Crippen LogP contribution in [0.4, 0.5) is 5.69 Å². The number of hydrogen-bond acceptors (Lipinski definition) is 6. The Hall–Kier alpha value is -3.22. The van der Waals surface area contributed by atoms with Crippen molar-refractivity contribution in [2.45, 2.75) is 39.2 Å². The number of Topliss-reactive ketones (excluding diaryl/α,β-unsaturated/α-hetero) is 1. The first-order valence-corrected chi connectivity index (χ1v) is 9.19. The van der Waals surface area contributed by atoms with Crippen molar-refractivity contribution >= 4 is 17.4 Å². The van der Waals surface area contributed by atoms with Gasteiger partial charge in [0.1, 0.15) is 0 Å². The summed E-state index contributed by atoms with van der Waals surface area (Å²) in [5, 5.41) is 11.2. The molecule has 0 saturated heterocycles. The number of carbonyl (C=O) groups is 2. The molecule has 1 atom stereocenters. The second-order valence-electron chi connectivity index (χ2n) is 6.62. The summed E-state index contributed by atoms with van der Waals surface area (Å²) < 4.78 is 10.5. The molecule has 0 aliphatic heterocycles. The molecule has 0 amide bonds. The molecule has 0 fully saturated rings. The number of ketones is 1. The van der Waals surface area contributed by atoms with Crippen molar-refractivity contribution < 1.29 is 24.0 Å². The number of ether oxygens (including phenoxy) is 2. The van der Waals surface area contributed by atoms with E-state index < -0.39 is 17.0 Å². The van der Waals surface area contributed by atoms with E-state index in [9.17, 15) is 19.7 Å². The third kappa shape index (κ3) is 4.03. The standard InChI is InChI=1S/C21H21NO6/c1-3-27-19-10-9-17(12-18(19)22(25)26)21(24)28-13(2)20(23)16-8-7-14-5-4-6-15(14)11-16/h7-13H,3-6H2,1-2H3. The molecule has 0 radical (unpaired) electrons. The molecule has 0 bridgehead atoms. The van der Waals surface area contributed by atoms with Gasteiger partial charge in [-0.15, -0.1) is 0 Å². The van der Waals surface area contributed by atoms with E-state index in [1.165, 1.54) is 24.6 Å². The number of hydrogen-bond donors (Lipinski definition) is 0. The van der Waals surface area contributed by atoms with Crippen molar-refractivity contribution in [1.82, 2.24) is 0 Å². The highest BCUT2D eigenvalue weighted by atomic mass is 16.6. The number of rotatable bonds is 7. The summed E-state index contributed by atoms with van der Waals surface area (Å²) in [6.07, 6.45) is 2.04. The highest BCUT2D eigenvalue weighted by Crippen LogP contribution is 2.28. The summed E-state index contributed by atoms with van der Waals surface area (Å²) in [6.45, 7) is 3.46. The van der Waals surface area contributed by atoms with Gasteiger partial charge in [-0.1, -0.05) is 12.1 Å². The van der Waals surface area contributed by atoms with Gasteiger partial charge in [0.25, 0.3) is 0 Å². The number of carbonyl (C=O) groups excluding carboxylic acids is 2. The Labute approximate surface area is 162 Å². The zero-order valence-electron chi connectivity index (χ0n) is 15.8. The summed E-state index contributed by atoms with van der Waals surface area (Å²) in [7, 11) is 0. The smallest absolute Gasteiger partial charge is 0.339 e. The molecule has 0 aromatic heterocycles. The van der Waals surface area contributed by atoms with Crippen LogP contribution < -0.4 is 4.74 Å². The molecule has 2 aromatic rings. The van der Waals surface area contributed by atoms with Crippen LogP contribution in [-0.4, -0.2) is 29.4 Å². The predicted octanol–water partition coefficient (Wildman–Crippen LogP) is 3.91. The summed E-state index contributed by atoms with van der Waals surface area (Å²) in [6, 6.07) is 9.38. The number of nitro benzene ring substituents is 1. The lowest BCUT2D eigenvalue weighted by atomic mass is 10.0. The lowest BCUT2D eigenvalue weighted by Gasteiger charge is -2.13. The maximum Gasteiger partial charge on any atom is 0.339 e. The van der Waals surface area contributed by atoms with Crippen LogP contribution in [0.2, 0.25) is 0 Å². The Morgan fingerprint density at radius 1 is 1.11 bits per heavy atom. The van der Waals surface area contributed by atoms with Crippen LogP contribution in [0.15, 0.2) is 36.4 Å². The normalized spacial score (nSPS) is 13.5. The van der Waals surface area contributed by atoms with Crippen LogP contribution in [0.3, 0.4) is 0 Å². The minimum Gasteiger partial charge on any atom is -0.487 e. The third-order valence-corrected chi connectivity index (χ3v) is 4.73. The molecular weight excluding hydrogens is 362 g/mol. The average molecular weight is 383 g/mol. The fraction of sp³-hybridized carbons (Fsp3) is 0.333. The van der Waals surface area contributed by atoms with Gasteiger partial charge >= 0.3 is 11.7 Å². The molecule has 7 nitrogen and oxygen atoms in total. The zero-order valence-corrected chi connectivity index (χ0v) is 15.8. The van der Waals surface area contributed by atoms with Crippen LogP contribution in [0, 0.1) is 10.1 Å². The van der Waals surface area contributed by atoms with Gasteiger partial charge < -0.3 is 9.47 Å². The van der Waals surface area contributed by atoms with Gasteiger partial charge in [0.15, 0.2) is 11.9 Å². The molecule has 1 aliphatic carbocycles. The first-order chi connectivity index (χ1) is 13.4. The molecule has 0 heterocycles. The van der Waals surface area contributed by atoms with E-state index in [1.54, 1.807) is 13.0 Å². The quantitative estimate of drug-likeness (QED) is 0.311. The molecular formula is C21H21NO6. The zero-order chi connectivity index (χ0) is 20.3. The monoisotopic (exact) mass is 383 g/mol. The van der Waals surface area contributed by atoms with Crippen molar-refractivity contribution in [2.75, 3.05) is 6.61 Å². The number of aryl methyl sites for hydroxylation is 2. The molecule has 0 saturated carbocycles. The van der Waals surface area contributed by atoms with Gasteiger partial charge in [0.2, 0.25) is 5.78 Å². The van der Waals surface area contributed by atoms with Gasteiger partial charge in [0, 0.05) is 11.6 Å². The number of benzene rings is 2. The molecule has 1 unspecified atom stereocenters. The summed E-state index contributed by atoms with van der Waals surface area (Å²) in [4.78, 5) is 35.6. The van der Waals surface area contributed by atoms with E-state index in [-0.39, 0.29) is 29.4 Å². The van der Waals surface area contributed by atoms with Gasteiger partial charge in [-0.05, 0) is 62.4 Å². The SMILES string of the molecule is CCOc1ccc(C(=O)OC(C)C(=O)c2ccc3c(c2)CCC3)cc1[N+](=O)[O-]. The molecule has 0 N–H and O–H groups in total. The Morgan fingerprint density at radius 2 is 1.82 bits per heavy atom. The van der Waals surface area contributed by atoms with Crippen LogP contribution in [-0.2, 0) is 17.6 Å². The molecule has 7 heteroatoms. The van der Waals surface area contributed by atoms with E-state index in [0.29, 0.717) is 5.56 Å².